The van der Waals surface area contributed by atoms with Gasteiger partial charge in [-0.05, 0) is 17.3 Å². The lowest BCUT2D eigenvalue weighted by Gasteiger charge is -2.05. The monoisotopic (exact) mass is 209 g/mol. The minimum Gasteiger partial charge on any atom is -0.477 e. The number of rotatable bonds is 3. The van der Waals surface area contributed by atoms with Crippen LogP contribution in [0.5, 0.6) is 5.75 Å². The summed E-state index contributed by atoms with van der Waals surface area (Å²) in [6, 6.07) is 3.88. The zero-order valence-electron chi connectivity index (χ0n) is 7.76. The molecular formula is C9H7NO5. The summed E-state index contributed by atoms with van der Waals surface area (Å²) in [6.07, 6.45) is 0. The first-order valence-electron chi connectivity index (χ1n) is 3.94. The van der Waals surface area contributed by atoms with Crippen molar-refractivity contribution < 1.29 is 19.4 Å². The van der Waals surface area contributed by atoms with E-state index in [1.54, 1.807) is 0 Å². The van der Waals surface area contributed by atoms with Crippen LogP contribution in [0.3, 0.4) is 0 Å². The molecule has 1 aromatic carbocycles. The van der Waals surface area contributed by atoms with E-state index in [0.29, 0.717) is 0 Å². The van der Waals surface area contributed by atoms with Crippen molar-refractivity contribution in [2.24, 2.45) is 5.18 Å². The van der Waals surface area contributed by atoms with Crippen LogP contribution in [0.4, 0.5) is 5.69 Å². The summed E-state index contributed by atoms with van der Waals surface area (Å²) in [5.74, 6) is -2.23. The van der Waals surface area contributed by atoms with Gasteiger partial charge in [0.05, 0.1) is 0 Å². The molecule has 0 atom stereocenters. The second kappa shape index (κ2) is 4.32. The third-order valence-electron chi connectivity index (χ3n) is 1.57. The number of hydrogen-bond donors (Lipinski definition) is 1. The van der Waals surface area contributed by atoms with Crippen LogP contribution in [0.25, 0.3) is 0 Å². The molecule has 0 heterocycles. The van der Waals surface area contributed by atoms with Gasteiger partial charge in [0.25, 0.3) is 0 Å². The van der Waals surface area contributed by atoms with Crippen LogP contribution < -0.4 is 4.74 Å². The van der Waals surface area contributed by atoms with Crippen LogP contribution >= 0.6 is 0 Å². The molecule has 0 fully saturated rings. The summed E-state index contributed by atoms with van der Waals surface area (Å²) < 4.78 is 4.63. The molecule has 0 aliphatic heterocycles. The van der Waals surface area contributed by atoms with E-state index in [9.17, 15) is 14.5 Å². The van der Waals surface area contributed by atoms with E-state index in [-0.39, 0.29) is 11.4 Å². The van der Waals surface area contributed by atoms with Crippen molar-refractivity contribution in [3.05, 3.63) is 28.7 Å². The fourth-order valence-electron chi connectivity index (χ4n) is 1.05. The number of carbonyl (C=O) groups excluding carboxylic acids is 1. The Morgan fingerprint density at radius 2 is 2.07 bits per heavy atom. The normalized spacial score (nSPS) is 9.40. The molecule has 0 aliphatic carbocycles. The molecule has 1 aromatic rings. The van der Waals surface area contributed by atoms with E-state index < -0.39 is 17.5 Å². The van der Waals surface area contributed by atoms with E-state index in [4.69, 9.17) is 5.11 Å². The number of benzene rings is 1. The lowest BCUT2D eigenvalue weighted by Crippen LogP contribution is -2.07. The van der Waals surface area contributed by atoms with E-state index in [2.05, 4.69) is 9.91 Å². The number of hydrogen-bond acceptors (Lipinski definition) is 5. The van der Waals surface area contributed by atoms with Gasteiger partial charge >= 0.3 is 11.9 Å². The van der Waals surface area contributed by atoms with Crippen molar-refractivity contribution in [2.75, 3.05) is 0 Å². The van der Waals surface area contributed by atoms with Gasteiger partial charge in [0.2, 0.25) is 0 Å². The van der Waals surface area contributed by atoms with Crippen LogP contribution in [-0.4, -0.2) is 17.0 Å². The maximum atomic E-state index is 10.8. The highest BCUT2D eigenvalue weighted by Gasteiger charge is 2.18. The molecular weight excluding hydrogens is 202 g/mol. The quantitative estimate of drug-likeness (QED) is 0.464. The predicted octanol–water partition coefficient (Wildman–Crippen LogP) is 1.71. The maximum absolute atomic E-state index is 10.8. The fraction of sp³-hybridized carbons (Fsp3) is 0.111. The summed E-state index contributed by atoms with van der Waals surface area (Å²) in [6.45, 7) is 1.13. The molecule has 0 unspecified atom stereocenters. The molecule has 0 bridgehead atoms. The first-order valence-corrected chi connectivity index (χ1v) is 3.94. The third-order valence-corrected chi connectivity index (χ3v) is 1.57. The predicted molar refractivity (Wildman–Crippen MR) is 50.2 cm³/mol. The minimum absolute atomic E-state index is 0.188. The van der Waals surface area contributed by atoms with Crippen molar-refractivity contribution in [2.45, 2.75) is 6.92 Å². The van der Waals surface area contributed by atoms with Gasteiger partial charge in [0, 0.05) is 6.92 Å². The molecule has 0 aliphatic rings. The smallest absolute Gasteiger partial charge is 0.341 e. The third kappa shape index (κ3) is 2.37. The molecule has 0 amide bonds. The highest BCUT2D eigenvalue weighted by atomic mass is 16.5. The highest BCUT2D eigenvalue weighted by Crippen LogP contribution is 2.28. The molecule has 6 nitrogen and oxygen atoms in total. The second-order valence-electron chi connectivity index (χ2n) is 2.64. The van der Waals surface area contributed by atoms with Gasteiger partial charge in [-0.25, -0.2) is 4.79 Å². The molecule has 0 saturated carbocycles. The lowest BCUT2D eigenvalue weighted by molar-refractivity contribution is -0.131. The van der Waals surface area contributed by atoms with Crippen LogP contribution in [0.15, 0.2) is 23.4 Å². The van der Waals surface area contributed by atoms with Gasteiger partial charge in [0.15, 0.2) is 0 Å². The number of nitroso groups, excluding NO2 is 1. The summed E-state index contributed by atoms with van der Waals surface area (Å²) >= 11 is 0. The Morgan fingerprint density at radius 1 is 1.40 bits per heavy atom. The van der Waals surface area contributed by atoms with Crippen molar-refractivity contribution in [1.82, 2.24) is 0 Å². The van der Waals surface area contributed by atoms with Gasteiger partial charge in [-0.15, -0.1) is 4.91 Å². The zero-order chi connectivity index (χ0) is 11.4. The van der Waals surface area contributed by atoms with Gasteiger partial charge in [-0.3, -0.25) is 4.79 Å². The fourth-order valence-corrected chi connectivity index (χ4v) is 1.05. The van der Waals surface area contributed by atoms with E-state index in [1.165, 1.54) is 18.2 Å². The van der Waals surface area contributed by atoms with E-state index in [0.717, 1.165) is 6.92 Å². The maximum Gasteiger partial charge on any atom is 0.341 e. The Morgan fingerprint density at radius 3 is 2.53 bits per heavy atom. The van der Waals surface area contributed by atoms with Gasteiger partial charge in [-0.1, -0.05) is 6.07 Å². The Bertz CT molecular complexity index is 427. The standard InChI is InChI=1S/C9H7NO5/c1-5(11)15-7-4-2-3-6(10-14)8(7)9(12)13/h2-4H,1H3,(H,12,13). The van der Waals surface area contributed by atoms with Crippen molar-refractivity contribution >= 4 is 17.6 Å². The van der Waals surface area contributed by atoms with Crippen LogP contribution in [-0.2, 0) is 4.79 Å². The molecule has 6 heteroatoms. The summed E-state index contributed by atoms with van der Waals surface area (Å²) in [5, 5.41) is 11.3. The number of esters is 1. The number of carboxylic acids is 1. The number of nitrogens with zero attached hydrogens (tertiary/aromatic N) is 1. The minimum atomic E-state index is -1.37. The zero-order valence-corrected chi connectivity index (χ0v) is 7.76. The molecule has 78 valence electrons. The van der Waals surface area contributed by atoms with Crippen molar-refractivity contribution in [3.8, 4) is 5.75 Å². The Balaban J connectivity index is 3.31. The Labute approximate surface area is 84.5 Å². The Hall–Kier alpha value is -2.24. The molecule has 0 aromatic heterocycles. The molecule has 1 N–H and O–H groups in total. The van der Waals surface area contributed by atoms with Crippen LogP contribution in [0, 0.1) is 4.91 Å². The average Bonchev–Trinajstić information content (AvgIpc) is 2.15. The number of carboxylic acid groups (broad SMARTS) is 1. The van der Waals surface area contributed by atoms with Crippen LogP contribution in [0.2, 0.25) is 0 Å². The van der Waals surface area contributed by atoms with Crippen LogP contribution in [0.1, 0.15) is 17.3 Å². The van der Waals surface area contributed by atoms with Gasteiger partial charge in [-0.2, -0.15) is 0 Å². The molecule has 0 spiro atoms. The van der Waals surface area contributed by atoms with E-state index >= 15 is 0 Å². The average molecular weight is 209 g/mol. The number of aromatic carboxylic acids is 1. The largest absolute Gasteiger partial charge is 0.477 e. The van der Waals surface area contributed by atoms with Gasteiger partial charge in [0.1, 0.15) is 17.0 Å². The second-order valence-corrected chi connectivity index (χ2v) is 2.64. The first kappa shape index (κ1) is 10.8. The summed E-state index contributed by atoms with van der Waals surface area (Å²) in [5.41, 5.74) is -0.691. The Kier molecular flexibility index (Phi) is 3.12. The SMILES string of the molecule is CC(=O)Oc1cccc(N=O)c1C(=O)O. The summed E-state index contributed by atoms with van der Waals surface area (Å²) in [4.78, 5) is 31.8. The summed E-state index contributed by atoms with van der Waals surface area (Å²) in [7, 11) is 0. The van der Waals surface area contributed by atoms with Gasteiger partial charge < -0.3 is 9.84 Å². The highest BCUT2D eigenvalue weighted by molar-refractivity contribution is 5.97. The first-order chi connectivity index (χ1) is 7.06. The number of carbonyl (C=O) groups is 2. The van der Waals surface area contributed by atoms with E-state index in [1.807, 2.05) is 0 Å². The van der Waals surface area contributed by atoms with Crippen molar-refractivity contribution in [3.63, 3.8) is 0 Å². The number of ether oxygens (including phenoxy) is 1. The lowest BCUT2D eigenvalue weighted by atomic mass is 10.1. The molecule has 15 heavy (non-hydrogen) atoms. The molecule has 0 saturated heterocycles. The molecule has 1 rings (SSSR count). The molecule has 0 radical (unpaired) electrons. The topological polar surface area (TPSA) is 93.0 Å². The van der Waals surface area contributed by atoms with Crippen molar-refractivity contribution in [1.29, 1.82) is 0 Å².